The molecule has 0 aliphatic carbocycles. The monoisotopic (exact) mass is 307 g/mol. The number of carbonyl (C=O) groups excluding carboxylic acids is 2. The molecular formula is C14H17N3O3S. The van der Waals surface area contributed by atoms with Gasteiger partial charge in [0, 0.05) is 21.9 Å². The van der Waals surface area contributed by atoms with E-state index >= 15 is 0 Å². The summed E-state index contributed by atoms with van der Waals surface area (Å²) in [5.74, 6) is -1.08. The van der Waals surface area contributed by atoms with Crippen LogP contribution >= 0.6 is 11.3 Å². The molecule has 2 aromatic heterocycles. The smallest absolute Gasteiger partial charge is 0.315 e. The molecule has 0 spiro atoms. The van der Waals surface area contributed by atoms with Crippen molar-refractivity contribution in [2.75, 3.05) is 5.32 Å². The summed E-state index contributed by atoms with van der Waals surface area (Å²) in [6, 6.07) is 5.37. The summed E-state index contributed by atoms with van der Waals surface area (Å²) >= 11 is 1.62. The highest BCUT2D eigenvalue weighted by Crippen LogP contribution is 2.18. The first-order valence-corrected chi connectivity index (χ1v) is 7.36. The van der Waals surface area contributed by atoms with Gasteiger partial charge in [0.1, 0.15) is 6.26 Å². The van der Waals surface area contributed by atoms with Gasteiger partial charge >= 0.3 is 11.8 Å². The second kappa shape index (κ2) is 6.53. The molecule has 112 valence electrons. The highest BCUT2D eigenvalue weighted by molar-refractivity contribution is 7.11. The minimum atomic E-state index is -0.717. The maximum Gasteiger partial charge on any atom is 0.315 e. The van der Waals surface area contributed by atoms with Crippen LogP contribution in [0.3, 0.4) is 0 Å². The van der Waals surface area contributed by atoms with E-state index in [0.717, 1.165) is 4.88 Å². The summed E-state index contributed by atoms with van der Waals surface area (Å²) in [5.41, 5.74) is 0. The van der Waals surface area contributed by atoms with Gasteiger partial charge in [-0.15, -0.1) is 11.3 Å². The van der Waals surface area contributed by atoms with Gasteiger partial charge in [-0.3, -0.25) is 14.9 Å². The van der Waals surface area contributed by atoms with Gasteiger partial charge in [-0.2, -0.15) is 0 Å². The van der Waals surface area contributed by atoms with E-state index in [2.05, 4.69) is 15.0 Å². The van der Waals surface area contributed by atoms with Crippen LogP contribution in [-0.4, -0.2) is 27.9 Å². The lowest BCUT2D eigenvalue weighted by atomic mass is 10.2. The highest BCUT2D eigenvalue weighted by Gasteiger charge is 2.25. The fraction of sp³-hybridized carbons (Fsp3) is 0.357. The molecule has 2 aromatic rings. The fourth-order valence-electron chi connectivity index (χ4n) is 1.80. The molecule has 2 amide bonds. The molecule has 2 heterocycles. The van der Waals surface area contributed by atoms with Crippen molar-refractivity contribution in [3.8, 4) is 0 Å². The number of nitrogens with one attached hydrogen (secondary N) is 1. The largest absolute Gasteiger partial charge is 0.363 e. The molecule has 0 bridgehead atoms. The van der Waals surface area contributed by atoms with Gasteiger partial charge in [0.15, 0.2) is 5.82 Å². The van der Waals surface area contributed by atoms with E-state index in [9.17, 15) is 9.59 Å². The molecule has 0 aliphatic rings. The van der Waals surface area contributed by atoms with Gasteiger partial charge in [0.05, 0.1) is 6.54 Å². The first kappa shape index (κ1) is 15.2. The predicted molar refractivity (Wildman–Crippen MR) is 79.9 cm³/mol. The van der Waals surface area contributed by atoms with E-state index in [1.165, 1.54) is 22.1 Å². The summed E-state index contributed by atoms with van der Waals surface area (Å²) in [7, 11) is 0. The topological polar surface area (TPSA) is 75.4 Å². The van der Waals surface area contributed by atoms with Crippen LogP contribution in [0, 0.1) is 6.92 Å². The number of aryl methyl sites for hydroxylation is 1. The van der Waals surface area contributed by atoms with E-state index in [4.69, 9.17) is 0 Å². The van der Waals surface area contributed by atoms with Crippen molar-refractivity contribution in [2.45, 2.75) is 33.4 Å². The van der Waals surface area contributed by atoms with Crippen LogP contribution in [0.4, 0.5) is 5.82 Å². The number of nitrogens with zero attached hydrogens (tertiary/aromatic N) is 2. The Morgan fingerprint density at radius 2 is 2.14 bits per heavy atom. The molecule has 0 saturated heterocycles. The Kier molecular flexibility index (Phi) is 4.74. The average molecular weight is 307 g/mol. The van der Waals surface area contributed by atoms with Crippen molar-refractivity contribution in [1.29, 1.82) is 0 Å². The Morgan fingerprint density at radius 3 is 2.67 bits per heavy atom. The van der Waals surface area contributed by atoms with Gasteiger partial charge in [0.25, 0.3) is 0 Å². The van der Waals surface area contributed by atoms with E-state index in [0.29, 0.717) is 6.54 Å². The number of hydrogen-bond acceptors (Lipinski definition) is 5. The normalized spacial score (nSPS) is 10.7. The first-order chi connectivity index (χ1) is 9.97. The SMILES string of the molecule is Cc1ccc(CN(C(=O)C(=O)Nc2ccon2)C(C)C)s1. The standard InChI is InChI=1S/C14H17N3O3S/c1-9(2)17(8-11-5-4-10(3)21-11)14(19)13(18)15-12-6-7-20-16-12/h4-7,9H,8H2,1-3H3,(H,15,16,18). The van der Waals surface area contributed by atoms with Gasteiger partial charge in [-0.05, 0) is 32.9 Å². The van der Waals surface area contributed by atoms with Crippen LogP contribution < -0.4 is 5.32 Å². The predicted octanol–water partition coefficient (Wildman–Crippen LogP) is 2.42. The lowest BCUT2D eigenvalue weighted by Crippen LogP contribution is -2.43. The molecule has 2 rings (SSSR count). The van der Waals surface area contributed by atoms with Gasteiger partial charge in [-0.25, -0.2) is 0 Å². The minimum absolute atomic E-state index is 0.0806. The molecule has 0 saturated carbocycles. The third kappa shape index (κ3) is 3.91. The second-order valence-electron chi connectivity index (χ2n) is 4.88. The Labute approximate surface area is 126 Å². The first-order valence-electron chi connectivity index (χ1n) is 6.55. The summed E-state index contributed by atoms with van der Waals surface area (Å²) < 4.78 is 4.61. The number of rotatable bonds is 4. The number of amides is 2. The highest BCUT2D eigenvalue weighted by atomic mass is 32.1. The quantitative estimate of drug-likeness (QED) is 0.880. The summed E-state index contributed by atoms with van der Waals surface area (Å²) in [5, 5.41) is 5.97. The van der Waals surface area contributed by atoms with Crippen molar-refractivity contribution in [1.82, 2.24) is 10.1 Å². The molecular weight excluding hydrogens is 290 g/mol. The Balaban J connectivity index is 2.06. The molecule has 0 radical (unpaired) electrons. The summed E-state index contributed by atoms with van der Waals surface area (Å²) in [4.78, 5) is 28.0. The van der Waals surface area contributed by atoms with Crippen LogP contribution in [0.25, 0.3) is 0 Å². The van der Waals surface area contributed by atoms with Crippen molar-refractivity contribution in [3.63, 3.8) is 0 Å². The molecule has 0 unspecified atom stereocenters. The van der Waals surface area contributed by atoms with E-state index in [-0.39, 0.29) is 11.9 Å². The Morgan fingerprint density at radius 1 is 1.38 bits per heavy atom. The van der Waals surface area contributed by atoms with E-state index < -0.39 is 11.8 Å². The molecule has 6 nitrogen and oxygen atoms in total. The third-order valence-corrected chi connectivity index (χ3v) is 3.87. The third-order valence-electron chi connectivity index (χ3n) is 2.88. The van der Waals surface area contributed by atoms with Crippen LogP contribution in [0.1, 0.15) is 23.6 Å². The maximum atomic E-state index is 12.3. The number of aromatic nitrogens is 1. The zero-order chi connectivity index (χ0) is 15.4. The average Bonchev–Trinajstić information content (AvgIpc) is 3.06. The lowest BCUT2D eigenvalue weighted by molar-refractivity contribution is -0.144. The molecule has 0 fully saturated rings. The van der Waals surface area contributed by atoms with E-state index in [1.54, 1.807) is 11.3 Å². The lowest BCUT2D eigenvalue weighted by Gasteiger charge is -2.25. The number of anilines is 1. The van der Waals surface area contributed by atoms with Crippen molar-refractivity contribution in [3.05, 3.63) is 34.2 Å². The second-order valence-corrected chi connectivity index (χ2v) is 6.25. The maximum absolute atomic E-state index is 12.3. The number of thiophene rings is 1. The number of carbonyl (C=O) groups is 2. The zero-order valence-electron chi connectivity index (χ0n) is 12.1. The van der Waals surface area contributed by atoms with Crippen LogP contribution in [-0.2, 0) is 16.1 Å². The molecule has 7 heteroatoms. The van der Waals surface area contributed by atoms with Crippen LogP contribution in [0.15, 0.2) is 29.0 Å². The zero-order valence-corrected chi connectivity index (χ0v) is 12.9. The molecule has 1 N–H and O–H groups in total. The number of hydrogen-bond donors (Lipinski definition) is 1. The van der Waals surface area contributed by atoms with E-state index in [1.807, 2.05) is 32.9 Å². The summed E-state index contributed by atoms with van der Waals surface area (Å²) in [6.45, 7) is 6.18. The molecule has 21 heavy (non-hydrogen) atoms. The minimum Gasteiger partial charge on any atom is -0.363 e. The summed E-state index contributed by atoms with van der Waals surface area (Å²) in [6.07, 6.45) is 1.33. The van der Waals surface area contributed by atoms with Crippen molar-refractivity contribution < 1.29 is 14.1 Å². The Bertz CT molecular complexity index is 619. The van der Waals surface area contributed by atoms with Gasteiger partial charge in [-0.1, -0.05) is 5.16 Å². The van der Waals surface area contributed by atoms with Crippen LogP contribution in [0.5, 0.6) is 0 Å². The van der Waals surface area contributed by atoms with Crippen molar-refractivity contribution in [2.24, 2.45) is 0 Å². The van der Waals surface area contributed by atoms with Gasteiger partial charge < -0.3 is 9.42 Å². The molecule has 0 aliphatic heterocycles. The molecule has 0 atom stereocenters. The van der Waals surface area contributed by atoms with Crippen LogP contribution in [0.2, 0.25) is 0 Å². The fourth-order valence-corrected chi connectivity index (χ4v) is 2.69. The molecule has 0 aromatic carbocycles. The van der Waals surface area contributed by atoms with Crippen molar-refractivity contribution >= 4 is 29.0 Å². The van der Waals surface area contributed by atoms with Gasteiger partial charge in [0.2, 0.25) is 0 Å². The Hall–Kier alpha value is -2.15.